The molecule has 10 heteroatoms. The van der Waals surface area contributed by atoms with Gasteiger partial charge in [0.1, 0.15) is 11.6 Å². The summed E-state index contributed by atoms with van der Waals surface area (Å²) in [5.41, 5.74) is 2.25. The lowest BCUT2D eigenvalue weighted by Gasteiger charge is -2.32. The molecule has 0 fully saturated rings. The topological polar surface area (TPSA) is 67.4 Å². The number of ether oxygens (including phenoxy) is 1. The van der Waals surface area contributed by atoms with E-state index in [2.05, 4.69) is 0 Å². The van der Waals surface area contributed by atoms with E-state index in [1.165, 1.54) is 0 Å². The summed E-state index contributed by atoms with van der Waals surface area (Å²) in [6, 6.07) is 22.2. The van der Waals surface area contributed by atoms with Crippen LogP contribution in [0, 0.1) is 0 Å². The van der Waals surface area contributed by atoms with Crippen molar-refractivity contribution in [1.29, 1.82) is 0 Å². The summed E-state index contributed by atoms with van der Waals surface area (Å²) in [5.74, 6) is 0. The first-order chi connectivity index (χ1) is 16.4. The maximum Gasteiger partial charge on any atom is 0.135 e. The van der Waals surface area contributed by atoms with E-state index < -0.39 is 17.7 Å². The van der Waals surface area contributed by atoms with Gasteiger partial charge < -0.3 is 25.1 Å². The molecule has 0 amide bonds. The van der Waals surface area contributed by atoms with E-state index >= 15 is 0 Å². The first kappa shape index (κ1) is 30.7. The van der Waals surface area contributed by atoms with Crippen molar-refractivity contribution in [2.75, 3.05) is 13.2 Å². The van der Waals surface area contributed by atoms with Crippen LogP contribution in [0.4, 0.5) is 0 Å². The van der Waals surface area contributed by atoms with Gasteiger partial charge in [-0.15, -0.1) is 17.0 Å². The van der Waals surface area contributed by atoms with E-state index in [9.17, 15) is 5.11 Å². The Morgan fingerprint density at radius 1 is 0.778 bits per heavy atom. The van der Waals surface area contributed by atoms with E-state index in [1.807, 2.05) is 82.9 Å². The van der Waals surface area contributed by atoms with Crippen molar-refractivity contribution < 1.29 is 15.3 Å². The highest BCUT2D eigenvalue weighted by Gasteiger charge is 2.30. The third-order valence-electron chi connectivity index (χ3n) is 5.58. The normalized spacial score (nSPS) is 15.1. The predicted octanol–water partition coefficient (Wildman–Crippen LogP) is 7.00. The molecule has 4 rings (SSSR count). The molecule has 0 aromatic heterocycles. The number of hydrogen-bond donors (Lipinski definition) is 1. The molecule has 3 aromatic rings. The van der Waals surface area contributed by atoms with E-state index in [1.54, 1.807) is 12.1 Å². The fourth-order valence-electron chi connectivity index (χ4n) is 3.70. The van der Waals surface area contributed by atoms with Crippen LogP contribution < -0.4 is 0 Å². The lowest BCUT2D eigenvalue weighted by molar-refractivity contribution is 0.00513. The van der Waals surface area contributed by atoms with Crippen LogP contribution >= 0.6 is 63.4 Å². The van der Waals surface area contributed by atoms with Crippen LogP contribution in [-0.2, 0) is 11.3 Å². The molecule has 3 unspecified atom stereocenters. The number of nitrogens with zero attached hydrogens (tertiary/aromatic N) is 2. The molecular weight excluding hydrogens is 610 g/mol. The Hall–Kier alpha value is -1.48. The fourth-order valence-corrected chi connectivity index (χ4v) is 4.43. The zero-order valence-electron chi connectivity index (χ0n) is 19.1. The molecule has 0 spiro atoms. The van der Waals surface area contributed by atoms with E-state index in [4.69, 9.17) is 51.1 Å². The Morgan fingerprint density at radius 3 is 1.83 bits per heavy atom. The lowest BCUT2D eigenvalue weighted by Crippen LogP contribution is -2.36. The summed E-state index contributed by atoms with van der Waals surface area (Å²) in [4.78, 5) is 3.99. The number of benzene rings is 3. The van der Waals surface area contributed by atoms with Crippen LogP contribution in [0.3, 0.4) is 0 Å². The molecule has 3 atom stereocenters. The fraction of sp³-hybridized carbons (Fsp3) is 0.231. The maximum absolute atomic E-state index is 10.6. The Balaban J connectivity index is 0.00000228. The highest BCUT2D eigenvalue weighted by Crippen LogP contribution is 2.32. The number of β-amino-alcohol motifs (C(OH)–C–C–N with tert-alkyl or cyclic N) is 1. The van der Waals surface area contributed by atoms with Crippen LogP contribution in [0.15, 0.2) is 85.2 Å². The minimum Gasteiger partial charge on any atom is -0.412 e. The molecule has 0 radical (unpaired) electrons. The molecule has 0 aliphatic carbocycles. The second-order valence-corrected chi connectivity index (χ2v) is 9.83. The summed E-state index contributed by atoms with van der Waals surface area (Å²) in [6.07, 6.45) is 2.78. The Bertz CT molecular complexity index is 1100. The van der Waals surface area contributed by atoms with Crippen molar-refractivity contribution in [1.82, 2.24) is 9.80 Å². The zero-order valence-corrected chi connectivity index (χ0v) is 23.8. The van der Waals surface area contributed by atoms with Gasteiger partial charge in [-0.1, -0.05) is 82.8 Å². The van der Waals surface area contributed by atoms with Crippen LogP contribution in [0.2, 0.25) is 15.1 Å². The van der Waals surface area contributed by atoms with Gasteiger partial charge in [-0.05, 0) is 53.1 Å². The third-order valence-corrected chi connectivity index (χ3v) is 6.82. The molecule has 0 saturated carbocycles. The second-order valence-electron chi connectivity index (χ2n) is 8.07. The minimum absolute atomic E-state index is 0. The molecule has 1 aliphatic rings. The molecule has 0 bridgehead atoms. The molecule has 3 aromatic carbocycles. The van der Waals surface area contributed by atoms with E-state index in [-0.39, 0.29) is 22.5 Å². The van der Waals surface area contributed by atoms with Crippen molar-refractivity contribution >= 4 is 63.4 Å². The summed E-state index contributed by atoms with van der Waals surface area (Å²) in [6.45, 7) is 1.33. The predicted molar refractivity (Wildman–Crippen MR) is 153 cm³/mol. The van der Waals surface area contributed by atoms with E-state index in [0.717, 1.165) is 16.7 Å². The zero-order chi connectivity index (χ0) is 24.1. The molecule has 1 aliphatic heterocycles. The largest absolute Gasteiger partial charge is 0.412 e. The first-order valence-corrected chi connectivity index (χ1v) is 12.3. The Labute approximate surface area is 241 Å². The number of aliphatic hydroxyl groups is 1. The van der Waals surface area contributed by atoms with Gasteiger partial charge in [0.2, 0.25) is 0 Å². The molecule has 0 saturated heterocycles. The number of halogens is 5. The quantitative estimate of drug-likeness (QED) is 0.203. The van der Waals surface area contributed by atoms with E-state index in [0.29, 0.717) is 34.9 Å². The molecule has 1 heterocycles. The summed E-state index contributed by atoms with van der Waals surface area (Å²) < 4.78 is 6.29. The first-order valence-electron chi connectivity index (χ1n) is 10.8. The molecular formula is C26H27BrCl4N2O3. The van der Waals surface area contributed by atoms with Gasteiger partial charge in [0.05, 0.1) is 19.4 Å². The number of alkyl halides is 1. The average Bonchev–Trinajstić information content (AvgIpc) is 3.30. The molecule has 194 valence electrons. The molecule has 3 N–H and O–H groups in total. The average molecular weight is 637 g/mol. The van der Waals surface area contributed by atoms with Gasteiger partial charge >= 0.3 is 0 Å². The van der Waals surface area contributed by atoms with Crippen LogP contribution in [0.5, 0.6) is 0 Å². The van der Waals surface area contributed by atoms with Crippen LogP contribution in [0.1, 0.15) is 28.9 Å². The smallest absolute Gasteiger partial charge is 0.135 e. The minimum atomic E-state index is -0.649. The Morgan fingerprint density at radius 2 is 1.28 bits per heavy atom. The second kappa shape index (κ2) is 14.5. The van der Waals surface area contributed by atoms with Crippen molar-refractivity contribution in [2.24, 2.45) is 0 Å². The highest BCUT2D eigenvalue weighted by atomic mass is 79.9. The number of aliphatic hydroxyl groups excluding tert-OH is 1. The van der Waals surface area contributed by atoms with Gasteiger partial charge in [-0.3, -0.25) is 0 Å². The standard InChI is InChI=1S/C26H24Cl4N2O2.BrH.H2O/c27-21-7-1-18(2-8-21)16-34-25(20-5-11-23(29)12-6-20)26(30)32-14-13-31(17-32)15-24(33)19-3-9-22(28)10-4-19;;/h1-14,24-26,33H,15-17H2;1H;1H2. The van der Waals surface area contributed by atoms with Crippen LogP contribution in [-0.4, -0.2) is 39.1 Å². The monoisotopic (exact) mass is 634 g/mol. The van der Waals surface area contributed by atoms with Crippen molar-refractivity contribution in [3.05, 3.63) is 117 Å². The van der Waals surface area contributed by atoms with Gasteiger partial charge in [0.25, 0.3) is 0 Å². The SMILES string of the molecule is Br.O.OC(CN1C=CN(C(Cl)C(OCc2ccc(Cl)cc2)c2ccc(Cl)cc2)C1)c1ccc(Cl)cc1. The van der Waals surface area contributed by atoms with Crippen molar-refractivity contribution in [2.45, 2.75) is 24.3 Å². The van der Waals surface area contributed by atoms with Gasteiger partial charge in [0.15, 0.2) is 0 Å². The Kier molecular flexibility index (Phi) is 12.3. The number of hydrogen-bond acceptors (Lipinski definition) is 4. The molecule has 36 heavy (non-hydrogen) atoms. The van der Waals surface area contributed by atoms with Crippen LogP contribution in [0.25, 0.3) is 0 Å². The maximum atomic E-state index is 10.6. The lowest BCUT2D eigenvalue weighted by atomic mass is 10.1. The van der Waals surface area contributed by atoms with Gasteiger partial charge in [0, 0.05) is 34.0 Å². The third kappa shape index (κ3) is 8.27. The van der Waals surface area contributed by atoms with Gasteiger partial charge in [-0.25, -0.2) is 0 Å². The number of rotatable bonds is 9. The van der Waals surface area contributed by atoms with Gasteiger partial charge in [-0.2, -0.15) is 0 Å². The van der Waals surface area contributed by atoms with Crippen molar-refractivity contribution in [3.63, 3.8) is 0 Å². The summed E-state index contributed by atoms with van der Waals surface area (Å²) >= 11 is 25.0. The van der Waals surface area contributed by atoms with Crippen molar-refractivity contribution in [3.8, 4) is 0 Å². The molecule has 5 nitrogen and oxygen atoms in total. The summed E-state index contributed by atoms with van der Waals surface area (Å²) in [7, 11) is 0. The summed E-state index contributed by atoms with van der Waals surface area (Å²) in [5, 5.41) is 12.6. The highest BCUT2D eigenvalue weighted by molar-refractivity contribution is 8.93.